The zero-order valence-electron chi connectivity index (χ0n) is 23.3. The Morgan fingerprint density at radius 1 is 1.20 bits per heavy atom. The van der Waals surface area contributed by atoms with E-state index in [1.807, 2.05) is 31.9 Å². The lowest BCUT2D eigenvalue weighted by Gasteiger charge is -2.35. The number of aromatic nitrogens is 2. The number of hydrogen-bond acceptors (Lipinski definition) is 7. The average molecular weight is 564 g/mol. The van der Waals surface area contributed by atoms with Gasteiger partial charge >= 0.3 is 0 Å². The number of fused-ring (bicyclic) bond motifs is 1. The van der Waals surface area contributed by atoms with Gasteiger partial charge in [0.15, 0.2) is 0 Å². The van der Waals surface area contributed by atoms with Gasteiger partial charge in [-0.1, -0.05) is 17.7 Å². The molecule has 0 aliphatic carbocycles. The molecule has 4 rings (SSSR count). The first-order chi connectivity index (χ1) is 19.2. The average Bonchev–Trinajstić information content (AvgIpc) is 2.94. The summed E-state index contributed by atoms with van der Waals surface area (Å²) in [6.45, 7) is 5.97. The number of pyridine rings is 2. The number of nitrogens with zero attached hydrogens (tertiary/aromatic N) is 5. The number of aliphatic hydroxyl groups is 1. The van der Waals surface area contributed by atoms with Crippen molar-refractivity contribution in [3.05, 3.63) is 80.0 Å². The van der Waals surface area contributed by atoms with E-state index in [0.29, 0.717) is 72.2 Å². The van der Waals surface area contributed by atoms with E-state index in [0.717, 1.165) is 16.7 Å². The zero-order chi connectivity index (χ0) is 29.0. The molecule has 40 heavy (non-hydrogen) atoms. The predicted molar refractivity (Wildman–Crippen MR) is 154 cm³/mol. The van der Waals surface area contributed by atoms with Gasteiger partial charge < -0.3 is 24.2 Å². The molecule has 0 unspecified atom stereocenters. The maximum Gasteiger partial charge on any atom is 0.254 e. The van der Waals surface area contributed by atoms with Crippen molar-refractivity contribution in [2.75, 3.05) is 39.9 Å². The molecular formula is C30H34ClN5O4. The summed E-state index contributed by atoms with van der Waals surface area (Å²) < 4.78 is 7.13. The standard InChI is InChI=1S/C30H34ClN5O4/c1-5-40-28-15-27(33-17-21(28)16-32)19(2)36-9-7-22-23(25-18-35(4)29(38)14-26(25)31)12-20(13-24(22)30(36)39)6-8-34(3)10-11-37/h12-15,17-19,37H,5-11H2,1-4H3/t19-/m0/s1. The Kier molecular flexibility index (Phi) is 9.25. The molecule has 1 N–H and O–H groups in total. The summed E-state index contributed by atoms with van der Waals surface area (Å²) in [5, 5.41) is 19.0. The van der Waals surface area contributed by atoms with Crippen LogP contribution in [0.3, 0.4) is 0 Å². The molecule has 0 saturated heterocycles. The van der Waals surface area contributed by atoms with Crippen molar-refractivity contribution in [1.29, 1.82) is 5.26 Å². The van der Waals surface area contributed by atoms with Crippen LogP contribution in [0.1, 0.15) is 52.6 Å². The lowest BCUT2D eigenvalue weighted by Crippen LogP contribution is -2.40. The molecule has 3 aromatic rings. The third-order valence-corrected chi connectivity index (χ3v) is 7.65. The first kappa shape index (κ1) is 29.3. The van der Waals surface area contributed by atoms with E-state index < -0.39 is 0 Å². The lowest BCUT2D eigenvalue weighted by atomic mass is 9.87. The van der Waals surface area contributed by atoms with Crippen molar-refractivity contribution < 1.29 is 14.6 Å². The van der Waals surface area contributed by atoms with Crippen LogP contribution in [-0.4, -0.2) is 70.3 Å². The normalized spacial score (nSPS) is 13.8. The quantitative estimate of drug-likeness (QED) is 0.401. The highest BCUT2D eigenvalue weighted by Crippen LogP contribution is 2.37. The van der Waals surface area contributed by atoms with Crippen LogP contribution in [-0.2, 0) is 19.9 Å². The van der Waals surface area contributed by atoms with E-state index in [2.05, 4.69) is 17.1 Å². The van der Waals surface area contributed by atoms with Gasteiger partial charge in [0.1, 0.15) is 17.4 Å². The smallest absolute Gasteiger partial charge is 0.254 e. The highest BCUT2D eigenvalue weighted by atomic mass is 35.5. The molecule has 1 atom stereocenters. The minimum absolute atomic E-state index is 0.0688. The highest BCUT2D eigenvalue weighted by Gasteiger charge is 2.32. The molecule has 0 radical (unpaired) electrons. The number of hydrogen-bond donors (Lipinski definition) is 1. The molecular weight excluding hydrogens is 530 g/mol. The Hall–Kier alpha value is -3.71. The number of benzene rings is 1. The Bertz CT molecular complexity index is 1510. The van der Waals surface area contributed by atoms with Crippen LogP contribution in [0, 0.1) is 11.3 Å². The number of aryl methyl sites for hydroxylation is 1. The molecule has 1 aliphatic rings. The van der Waals surface area contributed by atoms with Crippen molar-refractivity contribution in [2.45, 2.75) is 32.7 Å². The van der Waals surface area contributed by atoms with E-state index in [-0.39, 0.29) is 24.1 Å². The molecule has 10 heteroatoms. The molecule has 0 spiro atoms. The summed E-state index contributed by atoms with van der Waals surface area (Å²) in [5.41, 5.74) is 4.78. The second kappa shape index (κ2) is 12.6. The fourth-order valence-corrected chi connectivity index (χ4v) is 5.29. The van der Waals surface area contributed by atoms with Crippen LogP contribution in [0.15, 0.2) is 41.5 Å². The van der Waals surface area contributed by atoms with Crippen molar-refractivity contribution in [2.24, 2.45) is 7.05 Å². The fraction of sp³-hybridized carbons (Fsp3) is 0.400. The van der Waals surface area contributed by atoms with Crippen molar-refractivity contribution in [3.63, 3.8) is 0 Å². The number of carbonyl (C=O) groups excluding carboxylic acids is 1. The largest absolute Gasteiger partial charge is 0.492 e. The van der Waals surface area contributed by atoms with E-state index in [4.69, 9.17) is 16.3 Å². The molecule has 1 amide bonds. The topological polar surface area (TPSA) is 112 Å². The summed E-state index contributed by atoms with van der Waals surface area (Å²) in [7, 11) is 3.62. The molecule has 1 aliphatic heterocycles. The van der Waals surface area contributed by atoms with Crippen molar-refractivity contribution in [1.82, 2.24) is 19.4 Å². The Labute approximate surface area is 239 Å². The Morgan fingerprint density at radius 2 is 1.95 bits per heavy atom. The van der Waals surface area contributed by atoms with Crippen LogP contribution < -0.4 is 10.3 Å². The monoisotopic (exact) mass is 563 g/mol. The number of carbonyl (C=O) groups is 1. The van der Waals surface area contributed by atoms with Gasteiger partial charge in [0.2, 0.25) is 0 Å². The third kappa shape index (κ3) is 6.04. The van der Waals surface area contributed by atoms with Gasteiger partial charge in [0.05, 0.1) is 30.0 Å². The first-order valence-electron chi connectivity index (χ1n) is 13.3. The number of amides is 1. The molecule has 3 heterocycles. The minimum atomic E-state index is -0.350. The maximum absolute atomic E-state index is 14.0. The van der Waals surface area contributed by atoms with Crippen LogP contribution in [0.25, 0.3) is 11.1 Å². The molecule has 1 aromatic carbocycles. The second-order valence-corrected chi connectivity index (χ2v) is 10.4. The number of likely N-dealkylation sites (N-methyl/N-ethyl adjacent to an activating group) is 1. The Morgan fingerprint density at radius 3 is 2.65 bits per heavy atom. The molecule has 0 fully saturated rings. The third-order valence-electron chi connectivity index (χ3n) is 7.34. The van der Waals surface area contributed by atoms with Crippen molar-refractivity contribution in [3.8, 4) is 22.9 Å². The van der Waals surface area contributed by atoms with Gasteiger partial charge in [-0.3, -0.25) is 14.6 Å². The summed E-state index contributed by atoms with van der Waals surface area (Å²) >= 11 is 6.57. The molecule has 0 bridgehead atoms. The predicted octanol–water partition coefficient (Wildman–Crippen LogP) is 3.60. The number of ether oxygens (including phenoxy) is 1. The van der Waals surface area contributed by atoms with Crippen LogP contribution >= 0.6 is 11.6 Å². The number of nitriles is 1. The van der Waals surface area contributed by atoms with Gasteiger partial charge in [-0.25, -0.2) is 0 Å². The molecule has 9 nitrogen and oxygen atoms in total. The van der Waals surface area contributed by atoms with Gasteiger partial charge in [-0.2, -0.15) is 5.26 Å². The molecule has 0 saturated carbocycles. The van der Waals surface area contributed by atoms with Gasteiger partial charge in [0, 0.05) is 62.3 Å². The van der Waals surface area contributed by atoms with E-state index in [1.54, 1.807) is 24.2 Å². The summed E-state index contributed by atoms with van der Waals surface area (Å²) in [5.74, 6) is 0.332. The maximum atomic E-state index is 14.0. The van der Waals surface area contributed by atoms with Crippen molar-refractivity contribution >= 4 is 17.5 Å². The van der Waals surface area contributed by atoms with E-state index >= 15 is 0 Å². The number of rotatable bonds is 10. The zero-order valence-corrected chi connectivity index (χ0v) is 24.0. The molecule has 2 aromatic heterocycles. The van der Waals surface area contributed by atoms with Crippen LogP contribution in [0.2, 0.25) is 5.02 Å². The van der Waals surface area contributed by atoms with Gasteiger partial charge in [-0.05, 0) is 56.5 Å². The number of halogens is 1. The first-order valence-corrected chi connectivity index (χ1v) is 13.7. The minimum Gasteiger partial charge on any atom is -0.492 e. The summed E-state index contributed by atoms with van der Waals surface area (Å²) in [6, 6.07) is 8.88. The summed E-state index contributed by atoms with van der Waals surface area (Å²) in [4.78, 5) is 34.5. The summed E-state index contributed by atoms with van der Waals surface area (Å²) in [6.07, 6.45) is 4.47. The SMILES string of the molecule is CCOc1cc([C@H](C)N2CCc3c(cc(CCN(C)CCO)cc3-c3cn(C)c(=O)cc3Cl)C2=O)ncc1C#N. The fourth-order valence-electron chi connectivity index (χ4n) is 5.04. The van der Waals surface area contributed by atoms with Crippen LogP contribution in [0.5, 0.6) is 5.75 Å². The van der Waals surface area contributed by atoms with Gasteiger partial charge in [-0.15, -0.1) is 0 Å². The highest BCUT2D eigenvalue weighted by molar-refractivity contribution is 6.33. The number of aliphatic hydroxyl groups excluding tert-OH is 1. The van der Waals surface area contributed by atoms with Gasteiger partial charge in [0.25, 0.3) is 11.5 Å². The molecule has 210 valence electrons. The second-order valence-electron chi connectivity index (χ2n) is 10.0. The lowest BCUT2D eigenvalue weighted by molar-refractivity contribution is 0.0669. The Balaban J connectivity index is 1.76. The van der Waals surface area contributed by atoms with Crippen LogP contribution in [0.4, 0.5) is 0 Å². The van der Waals surface area contributed by atoms with E-state index in [1.165, 1.54) is 16.8 Å². The van der Waals surface area contributed by atoms with E-state index in [9.17, 15) is 20.0 Å².